The van der Waals surface area contributed by atoms with Crippen molar-refractivity contribution in [2.45, 2.75) is 45.8 Å². The lowest BCUT2D eigenvalue weighted by molar-refractivity contribution is 0.0950. The third-order valence-corrected chi connectivity index (χ3v) is 4.76. The van der Waals surface area contributed by atoms with Crippen molar-refractivity contribution >= 4 is 5.91 Å². The number of hydrogen-bond donors (Lipinski definition) is 2. The van der Waals surface area contributed by atoms with Gasteiger partial charge in [0.25, 0.3) is 11.5 Å². The fourth-order valence-corrected chi connectivity index (χ4v) is 3.33. The number of aromatic nitrogens is 1. The van der Waals surface area contributed by atoms with Gasteiger partial charge in [0.05, 0.1) is 12.7 Å². The summed E-state index contributed by atoms with van der Waals surface area (Å²) in [6, 6.07) is 9.55. The number of H-pyrrole nitrogens is 1. The summed E-state index contributed by atoms with van der Waals surface area (Å²) in [5.41, 5.74) is 3.94. The largest absolute Gasteiger partial charge is 0.378 e. The van der Waals surface area contributed by atoms with Gasteiger partial charge in [-0.25, -0.2) is 0 Å². The summed E-state index contributed by atoms with van der Waals surface area (Å²) < 4.78 is 5.60. The predicted octanol–water partition coefficient (Wildman–Crippen LogP) is 2.81. The first kappa shape index (κ1) is 17.4. The van der Waals surface area contributed by atoms with Crippen LogP contribution in [0, 0.1) is 13.8 Å². The van der Waals surface area contributed by atoms with Crippen LogP contribution in [0.15, 0.2) is 35.1 Å². The van der Waals surface area contributed by atoms with Crippen molar-refractivity contribution in [2.24, 2.45) is 0 Å². The summed E-state index contributed by atoms with van der Waals surface area (Å²) in [6.07, 6.45) is 1.31. The molecule has 132 valence electrons. The van der Waals surface area contributed by atoms with Gasteiger partial charge in [0, 0.05) is 29.3 Å². The van der Waals surface area contributed by atoms with Crippen molar-refractivity contribution in [3.05, 3.63) is 68.6 Å². The van der Waals surface area contributed by atoms with Gasteiger partial charge in [-0.1, -0.05) is 12.1 Å². The molecule has 3 rings (SSSR count). The number of amides is 1. The quantitative estimate of drug-likeness (QED) is 0.899. The number of nitrogens with one attached hydrogen (secondary N) is 2. The van der Waals surface area contributed by atoms with E-state index >= 15 is 0 Å². The van der Waals surface area contributed by atoms with Crippen molar-refractivity contribution < 1.29 is 9.53 Å². The van der Waals surface area contributed by atoms with Crippen molar-refractivity contribution in [3.63, 3.8) is 0 Å². The molecule has 25 heavy (non-hydrogen) atoms. The van der Waals surface area contributed by atoms with Crippen molar-refractivity contribution in [1.29, 1.82) is 0 Å². The van der Waals surface area contributed by atoms with Crippen LogP contribution < -0.4 is 10.9 Å². The number of pyridine rings is 1. The summed E-state index contributed by atoms with van der Waals surface area (Å²) in [5, 5.41) is 2.83. The van der Waals surface area contributed by atoms with Crippen LogP contribution in [0.1, 0.15) is 52.0 Å². The zero-order chi connectivity index (χ0) is 18.0. The minimum Gasteiger partial charge on any atom is -0.378 e. The first-order valence-corrected chi connectivity index (χ1v) is 8.63. The maximum absolute atomic E-state index is 12.3. The number of carbonyl (C=O) groups excluding carboxylic acids is 1. The number of aromatic amines is 1. The first-order chi connectivity index (χ1) is 11.9. The Bertz CT molecular complexity index is 824. The minimum absolute atomic E-state index is 0.150. The Morgan fingerprint density at radius 1 is 1.28 bits per heavy atom. The van der Waals surface area contributed by atoms with Crippen molar-refractivity contribution in [3.8, 4) is 0 Å². The molecule has 1 amide bonds. The van der Waals surface area contributed by atoms with E-state index in [1.165, 1.54) is 5.56 Å². The monoisotopic (exact) mass is 340 g/mol. The average molecular weight is 340 g/mol. The Balaban J connectivity index is 1.65. The molecule has 0 radical (unpaired) electrons. The third kappa shape index (κ3) is 3.99. The lowest BCUT2D eigenvalue weighted by Crippen LogP contribution is -2.27. The summed E-state index contributed by atoms with van der Waals surface area (Å²) in [6.45, 7) is 6.76. The maximum atomic E-state index is 12.3. The molecule has 0 aliphatic carbocycles. The molecule has 2 atom stereocenters. The molecular formula is C20H24N2O3. The highest BCUT2D eigenvalue weighted by Gasteiger charge is 2.23. The first-order valence-electron chi connectivity index (χ1n) is 8.63. The second-order valence-electron chi connectivity index (χ2n) is 6.82. The maximum Gasteiger partial charge on any atom is 0.253 e. The molecule has 0 saturated carbocycles. The Kier molecular flexibility index (Phi) is 5.04. The molecule has 0 spiro atoms. The second-order valence-corrected chi connectivity index (χ2v) is 6.82. The van der Waals surface area contributed by atoms with E-state index in [9.17, 15) is 9.59 Å². The normalized spacial score (nSPS) is 19.8. The topological polar surface area (TPSA) is 71.2 Å². The van der Waals surface area contributed by atoms with Crippen molar-refractivity contribution in [2.75, 3.05) is 6.61 Å². The van der Waals surface area contributed by atoms with Gasteiger partial charge >= 0.3 is 0 Å². The zero-order valence-corrected chi connectivity index (χ0v) is 14.9. The molecule has 2 heterocycles. The molecule has 1 aromatic heterocycles. The molecule has 2 unspecified atom stereocenters. The lowest BCUT2D eigenvalue weighted by atomic mass is 9.95. The number of hydrogen-bond acceptors (Lipinski definition) is 3. The molecule has 1 aromatic carbocycles. The molecule has 1 saturated heterocycles. The van der Waals surface area contributed by atoms with Crippen LogP contribution >= 0.6 is 0 Å². The van der Waals surface area contributed by atoms with Gasteiger partial charge < -0.3 is 15.0 Å². The molecule has 0 bridgehead atoms. The fourth-order valence-electron chi connectivity index (χ4n) is 3.33. The van der Waals surface area contributed by atoms with E-state index in [0.29, 0.717) is 23.1 Å². The standard InChI is InChI=1S/C20H24N2O3/c1-12-8-13(2)22-20(24)18(12)10-21-19(23)16-6-4-15(5-7-16)17-9-14(3)25-11-17/h4-8,14,17H,9-11H2,1-3H3,(H,21,23)(H,22,24). The van der Waals surface area contributed by atoms with E-state index in [1.807, 2.05) is 44.2 Å². The lowest BCUT2D eigenvalue weighted by Gasteiger charge is -2.10. The van der Waals surface area contributed by atoms with Gasteiger partial charge in [-0.05, 0) is 56.5 Å². The molecular weight excluding hydrogens is 316 g/mol. The summed E-state index contributed by atoms with van der Waals surface area (Å²) in [5.74, 6) is 0.225. The number of rotatable bonds is 4. The van der Waals surface area contributed by atoms with E-state index in [0.717, 1.165) is 24.3 Å². The van der Waals surface area contributed by atoms with Gasteiger partial charge in [0.1, 0.15) is 0 Å². The Labute approximate surface area is 147 Å². The smallest absolute Gasteiger partial charge is 0.253 e. The average Bonchev–Trinajstić information content (AvgIpc) is 3.00. The second kappa shape index (κ2) is 7.23. The Morgan fingerprint density at radius 2 is 2.00 bits per heavy atom. The number of benzene rings is 1. The van der Waals surface area contributed by atoms with Gasteiger partial charge in [-0.3, -0.25) is 9.59 Å². The number of carbonyl (C=O) groups is 1. The van der Waals surface area contributed by atoms with Crippen LogP contribution in [0.25, 0.3) is 0 Å². The number of ether oxygens (including phenoxy) is 1. The van der Waals surface area contributed by atoms with Crippen LogP contribution in [-0.2, 0) is 11.3 Å². The zero-order valence-electron chi connectivity index (χ0n) is 14.9. The van der Waals surface area contributed by atoms with E-state index < -0.39 is 0 Å². The molecule has 1 aliphatic heterocycles. The highest BCUT2D eigenvalue weighted by molar-refractivity contribution is 5.94. The SMILES string of the molecule is Cc1cc(C)c(CNC(=O)c2ccc(C3COC(C)C3)cc2)c(=O)[nH]1. The van der Waals surface area contributed by atoms with Gasteiger partial charge in [0.15, 0.2) is 0 Å². The molecule has 5 heteroatoms. The fraction of sp³-hybridized carbons (Fsp3) is 0.400. The minimum atomic E-state index is -0.179. The molecule has 2 N–H and O–H groups in total. The molecule has 5 nitrogen and oxygen atoms in total. The predicted molar refractivity (Wildman–Crippen MR) is 96.9 cm³/mol. The van der Waals surface area contributed by atoms with E-state index in [-0.39, 0.29) is 18.0 Å². The summed E-state index contributed by atoms with van der Waals surface area (Å²) >= 11 is 0. The van der Waals surface area contributed by atoms with E-state index in [4.69, 9.17) is 4.74 Å². The van der Waals surface area contributed by atoms with E-state index in [1.54, 1.807) is 0 Å². The highest BCUT2D eigenvalue weighted by Crippen LogP contribution is 2.29. The Morgan fingerprint density at radius 3 is 2.60 bits per heavy atom. The Hall–Kier alpha value is -2.40. The number of aryl methyl sites for hydroxylation is 2. The van der Waals surface area contributed by atoms with Crippen LogP contribution in [0.2, 0.25) is 0 Å². The van der Waals surface area contributed by atoms with E-state index in [2.05, 4.69) is 17.2 Å². The van der Waals surface area contributed by atoms with Crippen molar-refractivity contribution in [1.82, 2.24) is 10.3 Å². The summed E-state index contributed by atoms with van der Waals surface area (Å²) in [4.78, 5) is 27.1. The van der Waals surface area contributed by atoms with Crippen LogP contribution in [0.3, 0.4) is 0 Å². The highest BCUT2D eigenvalue weighted by atomic mass is 16.5. The van der Waals surface area contributed by atoms with Gasteiger partial charge in [-0.15, -0.1) is 0 Å². The molecule has 1 aliphatic rings. The van der Waals surface area contributed by atoms with Gasteiger partial charge in [0.2, 0.25) is 0 Å². The third-order valence-electron chi connectivity index (χ3n) is 4.76. The molecule has 2 aromatic rings. The molecule has 1 fully saturated rings. The van der Waals surface area contributed by atoms with Crippen LogP contribution in [-0.4, -0.2) is 23.6 Å². The van der Waals surface area contributed by atoms with Crippen LogP contribution in [0.5, 0.6) is 0 Å². The summed E-state index contributed by atoms with van der Waals surface area (Å²) in [7, 11) is 0. The van der Waals surface area contributed by atoms with Gasteiger partial charge in [-0.2, -0.15) is 0 Å². The van der Waals surface area contributed by atoms with Crippen LogP contribution in [0.4, 0.5) is 0 Å².